The van der Waals surface area contributed by atoms with Crippen molar-refractivity contribution in [3.63, 3.8) is 0 Å². The van der Waals surface area contributed by atoms with Crippen LogP contribution >= 0.6 is 0 Å². The zero-order valence-electron chi connectivity index (χ0n) is 14.9. The number of anilines is 2. The monoisotopic (exact) mass is 340 g/mol. The number of ether oxygens (including phenoxy) is 1. The van der Waals surface area contributed by atoms with Gasteiger partial charge in [0.05, 0.1) is 12.8 Å². The molecule has 5 nitrogen and oxygen atoms in total. The molecule has 2 aromatic carbocycles. The van der Waals surface area contributed by atoms with Crippen LogP contribution in [0.2, 0.25) is 0 Å². The summed E-state index contributed by atoms with van der Waals surface area (Å²) >= 11 is 0. The van der Waals surface area contributed by atoms with Crippen LogP contribution in [0.25, 0.3) is 0 Å². The highest BCUT2D eigenvalue weighted by Gasteiger charge is 2.17. The third-order valence-electron chi connectivity index (χ3n) is 3.99. The van der Waals surface area contributed by atoms with Crippen molar-refractivity contribution in [3.8, 4) is 5.75 Å². The topological polar surface area (TPSA) is 58.6 Å². The second-order valence-electron chi connectivity index (χ2n) is 5.65. The molecule has 25 heavy (non-hydrogen) atoms. The number of rotatable bonds is 7. The van der Waals surface area contributed by atoms with Crippen molar-refractivity contribution in [2.24, 2.45) is 0 Å². The summed E-state index contributed by atoms with van der Waals surface area (Å²) in [5, 5.41) is 2.93. The average Bonchev–Trinajstić information content (AvgIpc) is 2.62. The van der Waals surface area contributed by atoms with Gasteiger partial charge in [-0.25, -0.2) is 0 Å². The number of nitrogens with zero attached hydrogens (tertiary/aromatic N) is 1. The van der Waals surface area contributed by atoms with Gasteiger partial charge >= 0.3 is 0 Å². The third kappa shape index (κ3) is 4.83. The molecule has 2 rings (SSSR count). The molecule has 0 heterocycles. The second kappa shape index (κ2) is 8.87. The van der Waals surface area contributed by atoms with E-state index in [4.69, 9.17) is 4.74 Å². The first-order valence-corrected chi connectivity index (χ1v) is 8.35. The molecule has 0 spiro atoms. The van der Waals surface area contributed by atoms with Crippen LogP contribution < -0.4 is 15.0 Å². The second-order valence-corrected chi connectivity index (χ2v) is 5.65. The fraction of sp³-hybridized carbons (Fsp3) is 0.300. The summed E-state index contributed by atoms with van der Waals surface area (Å²) in [6.07, 6.45) is 1.05. The van der Waals surface area contributed by atoms with Gasteiger partial charge in [0.1, 0.15) is 5.75 Å². The van der Waals surface area contributed by atoms with E-state index in [9.17, 15) is 9.59 Å². The Morgan fingerprint density at radius 1 is 1.08 bits per heavy atom. The number of amides is 2. The van der Waals surface area contributed by atoms with E-state index in [-0.39, 0.29) is 24.8 Å². The van der Waals surface area contributed by atoms with Gasteiger partial charge in [0.2, 0.25) is 11.8 Å². The number of aryl methyl sites for hydroxylation is 1. The van der Waals surface area contributed by atoms with Crippen molar-refractivity contribution in [2.45, 2.75) is 26.7 Å². The Bertz CT molecular complexity index is 743. The number of benzene rings is 2. The number of hydrogen-bond donors (Lipinski definition) is 1. The maximum Gasteiger partial charge on any atom is 0.226 e. The van der Waals surface area contributed by atoms with Gasteiger partial charge in [0, 0.05) is 25.6 Å². The first kappa shape index (κ1) is 18.5. The highest BCUT2D eigenvalue weighted by molar-refractivity contribution is 5.96. The van der Waals surface area contributed by atoms with Crippen LogP contribution in [0.5, 0.6) is 5.75 Å². The molecule has 0 aliphatic heterocycles. The van der Waals surface area contributed by atoms with Crippen molar-refractivity contribution < 1.29 is 14.3 Å². The van der Waals surface area contributed by atoms with Crippen molar-refractivity contribution in [1.29, 1.82) is 0 Å². The van der Waals surface area contributed by atoms with Gasteiger partial charge in [-0.2, -0.15) is 0 Å². The molecule has 0 unspecified atom stereocenters. The summed E-state index contributed by atoms with van der Waals surface area (Å²) in [5.41, 5.74) is 2.57. The number of methoxy groups -OCH3 is 1. The number of carbonyl (C=O) groups is 2. The third-order valence-corrected chi connectivity index (χ3v) is 3.99. The lowest BCUT2D eigenvalue weighted by Crippen LogP contribution is -2.32. The van der Waals surface area contributed by atoms with Crippen molar-refractivity contribution >= 4 is 23.2 Å². The first-order chi connectivity index (χ1) is 12.1. The van der Waals surface area contributed by atoms with E-state index in [1.165, 1.54) is 6.92 Å². The molecule has 0 aromatic heterocycles. The van der Waals surface area contributed by atoms with Gasteiger partial charge in [-0.15, -0.1) is 0 Å². The van der Waals surface area contributed by atoms with E-state index >= 15 is 0 Å². The largest absolute Gasteiger partial charge is 0.495 e. The fourth-order valence-corrected chi connectivity index (χ4v) is 2.68. The van der Waals surface area contributed by atoms with Gasteiger partial charge in [0.25, 0.3) is 0 Å². The predicted molar refractivity (Wildman–Crippen MR) is 100 cm³/mol. The molecule has 0 fully saturated rings. The van der Waals surface area contributed by atoms with Gasteiger partial charge < -0.3 is 15.0 Å². The highest BCUT2D eigenvalue weighted by Crippen LogP contribution is 2.28. The Hall–Kier alpha value is -2.82. The first-order valence-electron chi connectivity index (χ1n) is 8.35. The molecule has 2 aromatic rings. The molecule has 1 N–H and O–H groups in total. The van der Waals surface area contributed by atoms with Crippen LogP contribution in [0.1, 0.15) is 25.8 Å². The molecule has 0 bridgehead atoms. The van der Waals surface area contributed by atoms with E-state index in [2.05, 4.69) is 5.32 Å². The SMILES string of the molecule is CCc1ccccc1NC(=O)CCN(C(C)=O)c1ccccc1OC. The van der Waals surface area contributed by atoms with Crippen LogP contribution in [0.15, 0.2) is 48.5 Å². The molecule has 132 valence electrons. The fourth-order valence-electron chi connectivity index (χ4n) is 2.68. The van der Waals surface area contributed by atoms with E-state index in [1.807, 2.05) is 49.4 Å². The van der Waals surface area contributed by atoms with Crippen LogP contribution in [-0.4, -0.2) is 25.5 Å². The molecule has 0 atom stereocenters. The van der Waals surface area contributed by atoms with Crippen LogP contribution in [-0.2, 0) is 16.0 Å². The average molecular weight is 340 g/mol. The summed E-state index contributed by atoms with van der Waals surface area (Å²) in [7, 11) is 1.56. The number of carbonyl (C=O) groups excluding carboxylic acids is 2. The van der Waals surface area contributed by atoms with Gasteiger partial charge in [-0.3, -0.25) is 9.59 Å². The van der Waals surface area contributed by atoms with Gasteiger partial charge in [0.15, 0.2) is 0 Å². The molecule has 0 radical (unpaired) electrons. The van der Waals surface area contributed by atoms with E-state index < -0.39 is 0 Å². The smallest absolute Gasteiger partial charge is 0.226 e. The Labute approximate surface area is 148 Å². The highest BCUT2D eigenvalue weighted by atomic mass is 16.5. The van der Waals surface area contributed by atoms with Crippen molar-refractivity contribution in [1.82, 2.24) is 0 Å². The van der Waals surface area contributed by atoms with Gasteiger partial charge in [-0.05, 0) is 30.2 Å². The molecule has 0 aliphatic rings. The zero-order chi connectivity index (χ0) is 18.2. The van der Waals surface area contributed by atoms with E-state index in [1.54, 1.807) is 18.1 Å². The lowest BCUT2D eigenvalue weighted by molar-refractivity contribution is -0.117. The molecular weight excluding hydrogens is 316 g/mol. The Kier molecular flexibility index (Phi) is 6.57. The summed E-state index contributed by atoms with van der Waals surface area (Å²) in [5.74, 6) is 0.350. The zero-order valence-corrected chi connectivity index (χ0v) is 14.9. The van der Waals surface area contributed by atoms with E-state index in [0.717, 1.165) is 17.7 Å². The Balaban J connectivity index is 2.06. The molecular formula is C20H24N2O3. The van der Waals surface area contributed by atoms with Crippen LogP contribution in [0, 0.1) is 0 Å². The minimum absolute atomic E-state index is 0.123. The molecule has 0 saturated heterocycles. The summed E-state index contributed by atoms with van der Waals surface area (Å²) in [6.45, 7) is 3.82. The van der Waals surface area contributed by atoms with Crippen LogP contribution in [0.3, 0.4) is 0 Å². The minimum atomic E-state index is -0.133. The van der Waals surface area contributed by atoms with Crippen molar-refractivity contribution in [3.05, 3.63) is 54.1 Å². The standard InChI is InChI=1S/C20H24N2O3/c1-4-16-9-5-6-10-17(16)21-20(24)13-14-22(15(2)23)18-11-7-8-12-19(18)25-3/h5-12H,4,13-14H2,1-3H3,(H,21,24). The normalized spacial score (nSPS) is 10.2. The summed E-state index contributed by atoms with van der Waals surface area (Å²) in [4.78, 5) is 25.9. The predicted octanol–water partition coefficient (Wildman–Crippen LogP) is 3.64. The quantitative estimate of drug-likeness (QED) is 0.837. The number of nitrogens with one attached hydrogen (secondary N) is 1. The molecule has 0 saturated carbocycles. The Morgan fingerprint density at radius 3 is 2.44 bits per heavy atom. The van der Waals surface area contributed by atoms with Crippen molar-refractivity contribution in [2.75, 3.05) is 23.9 Å². The maximum absolute atomic E-state index is 12.3. The van der Waals surface area contributed by atoms with Gasteiger partial charge in [-0.1, -0.05) is 37.3 Å². The molecule has 5 heteroatoms. The molecule has 2 amide bonds. The number of para-hydroxylation sites is 3. The van der Waals surface area contributed by atoms with E-state index in [0.29, 0.717) is 11.4 Å². The molecule has 0 aliphatic carbocycles. The maximum atomic E-state index is 12.3. The Morgan fingerprint density at radius 2 is 1.76 bits per heavy atom. The number of hydrogen-bond acceptors (Lipinski definition) is 3. The minimum Gasteiger partial charge on any atom is -0.495 e. The van der Waals surface area contributed by atoms with Crippen LogP contribution in [0.4, 0.5) is 11.4 Å². The lowest BCUT2D eigenvalue weighted by Gasteiger charge is -2.23. The summed E-state index contributed by atoms with van der Waals surface area (Å²) in [6, 6.07) is 15.0. The summed E-state index contributed by atoms with van der Waals surface area (Å²) < 4.78 is 5.31. The lowest BCUT2D eigenvalue weighted by atomic mass is 10.1.